The van der Waals surface area contributed by atoms with Gasteiger partial charge in [0.25, 0.3) is 0 Å². The Morgan fingerprint density at radius 2 is 1.86 bits per heavy atom. The fourth-order valence-electron chi connectivity index (χ4n) is 3.32. The lowest BCUT2D eigenvalue weighted by atomic mass is 9.79. The van der Waals surface area contributed by atoms with Crippen LogP contribution in [-0.2, 0) is 9.84 Å². The maximum absolute atomic E-state index is 13.1. The molecule has 0 saturated heterocycles. The highest BCUT2D eigenvalue weighted by molar-refractivity contribution is 7.92. The fourth-order valence-corrected chi connectivity index (χ4v) is 5.61. The van der Waals surface area contributed by atoms with Gasteiger partial charge in [0.2, 0.25) is 0 Å². The first-order valence-corrected chi connectivity index (χ1v) is 9.35. The largest absolute Gasteiger partial charge is 0.327 e. The standard InChI is InChI=1S/C17H27NO2S/c1-11(2)14-7-8-15(18)17(10-14)21(19,20)16-9-12(3)5-6-13(16)4/h5-6,9,11,14-15,17H,7-8,10,18H2,1-4H3. The van der Waals surface area contributed by atoms with Gasteiger partial charge >= 0.3 is 0 Å². The molecule has 21 heavy (non-hydrogen) atoms. The van der Waals surface area contributed by atoms with Crippen molar-refractivity contribution < 1.29 is 8.42 Å². The maximum atomic E-state index is 13.1. The van der Waals surface area contributed by atoms with Crippen LogP contribution < -0.4 is 5.73 Å². The van der Waals surface area contributed by atoms with Crippen LogP contribution in [0.15, 0.2) is 23.1 Å². The molecule has 3 nitrogen and oxygen atoms in total. The molecule has 3 unspecified atom stereocenters. The lowest BCUT2D eigenvalue weighted by Crippen LogP contribution is -2.46. The van der Waals surface area contributed by atoms with Crippen LogP contribution in [0.2, 0.25) is 0 Å². The van der Waals surface area contributed by atoms with Crippen LogP contribution in [-0.4, -0.2) is 19.7 Å². The minimum Gasteiger partial charge on any atom is -0.327 e. The molecule has 2 rings (SSSR count). The fraction of sp³-hybridized carbons (Fsp3) is 0.647. The third-order valence-electron chi connectivity index (χ3n) is 4.87. The Morgan fingerprint density at radius 3 is 2.48 bits per heavy atom. The van der Waals surface area contributed by atoms with Crippen LogP contribution in [0.4, 0.5) is 0 Å². The molecule has 1 saturated carbocycles. The van der Waals surface area contributed by atoms with Crippen molar-refractivity contribution >= 4 is 9.84 Å². The third kappa shape index (κ3) is 3.32. The molecule has 1 aliphatic rings. The summed E-state index contributed by atoms with van der Waals surface area (Å²) in [7, 11) is -3.36. The number of rotatable bonds is 3. The van der Waals surface area contributed by atoms with E-state index in [0.717, 1.165) is 24.0 Å². The Kier molecular flexibility index (Phi) is 4.79. The number of hydrogen-bond donors (Lipinski definition) is 1. The molecule has 1 aromatic rings. The number of aryl methyl sites for hydroxylation is 2. The van der Waals surface area contributed by atoms with Gasteiger partial charge in [-0.15, -0.1) is 0 Å². The second-order valence-electron chi connectivity index (χ2n) is 6.83. The molecule has 0 amide bonds. The summed E-state index contributed by atoms with van der Waals surface area (Å²) in [6, 6.07) is 5.38. The average Bonchev–Trinajstić information content (AvgIpc) is 2.41. The summed E-state index contributed by atoms with van der Waals surface area (Å²) in [4.78, 5) is 0.465. The van der Waals surface area contributed by atoms with Crippen molar-refractivity contribution in [3.8, 4) is 0 Å². The molecule has 118 valence electrons. The minimum atomic E-state index is -3.36. The van der Waals surface area contributed by atoms with Crippen molar-refractivity contribution in [2.24, 2.45) is 17.6 Å². The van der Waals surface area contributed by atoms with Crippen LogP contribution in [0.25, 0.3) is 0 Å². The summed E-state index contributed by atoms with van der Waals surface area (Å²) in [5.41, 5.74) is 7.97. The molecule has 2 N–H and O–H groups in total. The Bertz CT molecular complexity index is 607. The smallest absolute Gasteiger partial charge is 0.183 e. The van der Waals surface area contributed by atoms with E-state index in [1.165, 1.54) is 0 Å². The van der Waals surface area contributed by atoms with E-state index in [1.54, 1.807) is 6.07 Å². The topological polar surface area (TPSA) is 60.2 Å². The van der Waals surface area contributed by atoms with E-state index in [1.807, 2.05) is 26.0 Å². The van der Waals surface area contributed by atoms with Gasteiger partial charge in [0.05, 0.1) is 10.1 Å². The number of hydrogen-bond acceptors (Lipinski definition) is 3. The van der Waals surface area contributed by atoms with Crippen LogP contribution >= 0.6 is 0 Å². The van der Waals surface area contributed by atoms with Crippen LogP contribution in [0.5, 0.6) is 0 Å². The van der Waals surface area contributed by atoms with Gasteiger partial charge in [-0.3, -0.25) is 0 Å². The monoisotopic (exact) mass is 309 g/mol. The molecule has 1 aromatic carbocycles. The predicted molar refractivity (Wildman–Crippen MR) is 87.0 cm³/mol. The van der Waals surface area contributed by atoms with Crippen molar-refractivity contribution in [1.82, 2.24) is 0 Å². The van der Waals surface area contributed by atoms with Gasteiger partial charge in [-0.1, -0.05) is 26.0 Å². The van der Waals surface area contributed by atoms with Gasteiger partial charge in [-0.05, 0) is 62.1 Å². The van der Waals surface area contributed by atoms with Gasteiger partial charge in [0.15, 0.2) is 9.84 Å². The first-order chi connectivity index (χ1) is 9.73. The molecule has 3 atom stereocenters. The van der Waals surface area contributed by atoms with Crippen LogP contribution in [0.3, 0.4) is 0 Å². The molecule has 4 heteroatoms. The zero-order valence-electron chi connectivity index (χ0n) is 13.5. The number of benzene rings is 1. The van der Waals surface area contributed by atoms with E-state index < -0.39 is 15.1 Å². The Hall–Kier alpha value is -0.870. The molecule has 0 heterocycles. The normalized spacial score (nSPS) is 27.0. The molecule has 1 fully saturated rings. The third-order valence-corrected chi connectivity index (χ3v) is 7.27. The highest BCUT2D eigenvalue weighted by Gasteiger charge is 2.39. The SMILES string of the molecule is Cc1ccc(C)c(S(=O)(=O)C2CC(C(C)C)CCC2N)c1. The maximum Gasteiger partial charge on any atom is 0.183 e. The minimum absolute atomic E-state index is 0.245. The van der Waals surface area contributed by atoms with Gasteiger partial charge in [0.1, 0.15) is 0 Å². The van der Waals surface area contributed by atoms with Gasteiger partial charge in [0, 0.05) is 6.04 Å². The molecular weight excluding hydrogens is 282 g/mol. The lowest BCUT2D eigenvalue weighted by molar-refractivity contribution is 0.261. The van der Waals surface area contributed by atoms with Crippen molar-refractivity contribution in [2.75, 3.05) is 0 Å². The second-order valence-corrected chi connectivity index (χ2v) is 8.97. The van der Waals surface area contributed by atoms with Crippen molar-refractivity contribution in [1.29, 1.82) is 0 Å². The van der Waals surface area contributed by atoms with Crippen LogP contribution in [0, 0.1) is 25.7 Å². The first kappa shape index (κ1) is 16.5. The van der Waals surface area contributed by atoms with Crippen molar-refractivity contribution in [3.63, 3.8) is 0 Å². The lowest BCUT2D eigenvalue weighted by Gasteiger charge is -2.35. The summed E-state index contributed by atoms with van der Waals surface area (Å²) < 4.78 is 26.1. The molecule has 0 aliphatic heterocycles. The zero-order chi connectivity index (χ0) is 15.8. The molecule has 0 bridgehead atoms. The summed E-state index contributed by atoms with van der Waals surface area (Å²) >= 11 is 0. The zero-order valence-corrected chi connectivity index (χ0v) is 14.3. The van der Waals surface area contributed by atoms with E-state index in [4.69, 9.17) is 5.73 Å². The second kappa shape index (κ2) is 6.09. The quantitative estimate of drug-likeness (QED) is 0.932. The van der Waals surface area contributed by atoms with E-state index >= 15 is 0 Å². The van der Waals surface area contributed by atoms with Gasteiger partial charge in [-0.25, -0.2) is 8.42 Å². The summed E-state index contributed by atoms with van der Waals surface area (Å²) in [6.45, 7) is 8.13. The molecule has 0 aromatic heterocycles. The molecular formula is C17H27NO2S. The highest BCUT2D eigenvalue weighted by Crippen LogP contribution is 2.36. The molecule has 0 radical (unpaired) electrons. The number of nitrogens with two attached hydrogens (primary N) is 1. The first-order valence-electron chi connectivity index (χ1n) is 7.80. The Labute approximate surface area is 128 Å². The average molecular weight is 309 g/mol. The summed E-state index contributed by atoms with van der Waals surface area (Å²) in [5, 5.41) is -0.445. The van der Waals surface area contributed by atoms with Crippen molar-refractivity contribution in [2.45, 2.75) is 63.1 Å². The Balaban J connectivity index is 2.39. The van der Waals surface area contributed by atoms with E-state index in [9.17, 15) is 8.42 Å². The van der Waals surface area contributed by atoms with Crippen LogP contribution in [0.1, 0.15) is 44.2 Å². The van der Waals surface area contributed by atoms with E-state index in [-0.39, 0.29) is 6.04 Å². The number of sulfone groups is 1. The Morgan fingerprint density at radius 1 is 1.19 bits per heavy atom. The molecule has 0 spiro atoms. The van der Waals surface area contributed by atoms with Gasteiger partial charge in [-0.2, -0.15) is 0 Å². The summed E-state index contributed by atoms with van der Waals surface area (Å²) in [5.74, 6) is 0.962. The van der Waals surface area contributed by atoms with E-state index in [0.29, 0.717) is 23.2 Å². The molecule has 1 aliphatic carbocycles. The van der Waals surface area contributed by atoms with E-state index in [2.05, 4.69) is 13.8 Å². The highest BCUT2D eigenvalue weighted by atomic mass is 32.2. The van der Waals surface area contributed by atoms with Crippen molar-refractivity contribution in [3.05, 3.63) is 29.3 Å². The summed E-state index contributed by atoms with van der Waals surface area (Å²) in [6.07, 6.45) is 2.53. The van der Waals surface area contributed by atoms with Gasteiger partial charge < -0.3 is 5.73 Å². The predicted octanol–water partition coefficient (Wildman–Crippen LogP) is 3.23.